The zero-order valence-electron chi connectivity index (χ0n) is 13.8. The second-order valence-electron chi connectivity index (χ2n) is 6.73. The highest BCUT2D eigenvalue weighted by atomic mass is 32.2. The number of aromatic amines is 1. The van der Waals surface area contributed by atoms with Gasteiger partial charge in [0.25, 0.3) is 5.91 Å². The molecule has 1 aromatic carbocycles. The van der Waals surface area contributed by atoms with E-state index in [4.69, 9.17) is 0 Å². The second-order valence-corrected chi connectivity index (χ2v) is 8.58. The van der Waals surface area contributed by atoms with E-state index in [-0.39, 0.29) is 22.7 Å². The van der Waals surface area contributed by atoms with Crippen LogP contribution < -0.4 is 4.72 Å². The summed E-state index contributed by atoms with van der Waals surface area (Å²) in [4.78, 5) is 12.1. The van der Waals surface area contributed by atoms with E-state index in [0.29, 0.717) is 17.7 Å². The first-order chi connectivity index (χ1) is 11.1. The lowest BCUT2D eigenvalue weighted by molar-refractivity contribution is 0.0976. The Labute approximate surface area is 140 Å². The van der Waals surface area contributed by atoms with Gasteiger partial charge >= 0.3 is 0 Å². The SMILES string of the molecule is CC(C)(C)CCS(=O)(=O)NC(=O)c1cc(-c2ccc(F)cc2)n[nH]1. The third kappa shape index (κ3) is 5.16. The highest BCUT2D eigenvalue weighted by Crippen LogP contribution is 2.20. The number of sulfonamides is 1. The van der Waals surface area contributed by atoms with Crippen molar-refractivity contribution in [3.63, 3.8) is 0 Å². The maximum absolute atomic E-state index is 12.9. The molecule has 6 nitrogen and oxygen atoms in total. The summed E-state index contributed by atoms with van der Waals surface area (Å²) in [5, 5.41) is 6.44. The lowest BCUT2D eigenvalue weighted by atomic mass is 9.94. The zero-order chi connectivity index (χ0) is 18.0. The van der Waals surface area contributed by atoms with Crippen LogP contribution in [0.3, 0.4) is 0 Å². The van der Waals surface area contributed by atoms with Gasteiger partial charge in [-0.05, 0) is 42.2 Å². The van der Waals surface area contributed by atoms with Crippen molar-refractivity contribution in [1.82, 2.24) is 14.9 Å². The van der Waals surface area contributed by atoms with Crippen LogP contribution in [0.4, 0.5) is 4.39 Å². The fourth-order valence-corrected chi connectivity index (χ4v) is 3.27. The summed E-state index contributed by atoms with van der Waals surface area (Å²) >= 11 is 0. The van der Waals surface area contributed by atoms with Crippen molar-refractivity contribution in [2.24, 2.45) is 5.41 Å². The standard InChI is InChI=1S/C16H20FN3O3S/c1-16(2,3)8-9-24(22,23)20-15(21)14-10-13(18-19-14)11-4-6-12(17)7-5-11/h4-7,10H,8-9H2,1-3H3,(H,18,19)(H,20,21). The number of hydrogen-bond donors (Lipinski definition) is 2. The molecule has 0 spiro atoms. The van der Waals surface area contributed by atoms with E-state index >= 15 is 0 Å². The highest BCUT2D eigenvalue weighted by molar-refractivity contribution is 7.90. The van der Waals surface area contributed by atoms with E-state index in [1.807, 2.05) is 25.5 Å². The molecule has 0 aliphatic carbocycles. The molecule has 24 heavy (non-hydrogen) atoms. The van der Waals surface area contributed by atoms with Gasteiger partial charge in [-0.25, -0.2) is 17.5 Å². The Bertz CT molecular complexity index is 821. The molecular weight excluding hydrogens is 333 g/mol. The van der Waals surface area contributed by atoms with Gasteiger partial charge in [-0.3, -0.25) is 9.89 Å². The minimum Gasteiger partial charge on any atom is -0.272 e. The van der Waals surface area contributed by atoms with Gasteiger partial charge < -0.3 is 0 Å². The maximum Gasteiger partial charge on any atom is 0.282 e. The predicted molar refractivity (Wildman–Crippen MR) is 89.3 cm³/mol. The average Bonchev–Trinajstić information content (AvgIpc) is 2.95. The van der Waals surface area contributed by atoms with Crippen LogP contribution in [0.2, 0.25) is 0 Å². The summed E-state index contributed by atoms with van der Waals surface area (Å²) in [6.07, 6.45) is 0.430. The number of aromatic nitrogens is 2. The van der Waals surface area contributed by atoms with Crippen LogP contribution in [0.25, 0.3) is 11.3 Å². The second kappa shape index (κ2) is 6.72. The van der Waals surface area contributed by atoms with Gasteiger partial charge in [0.05, 0.1) is 11.4 Å². The largest absolute Gasteiger partial charge is 0.282 e. The van der Waals surface area contributed by atoms with Crippen LogP contribution in [0.5, 0.6) is 0 Å². The number of H-pyrrole nitrogens is 1. The summed E-state index contributed by atoms with van der Waals surface area (Å²) in [7, 11) is -3.72. The molecule has 2 rings (SSSR count). The van der Waals surface area contributed by atoms with Crippen molar-refractivity contribution in [3.05, 3.63) is 41.8 Å². The topological polar surface area (TPSA) is 91.9 Å². The van der Waals surface area contributed by atoms with Gasteiger partial charge in [-0.15, -0.1) is 0 Å². The molecule has 0 aliphatic heterocycles. The fraction of sp³-hybridized carbons (Fsp3) is 0.375. The zero-order valence-corrected chi connectivity index (χ0v) is 14.6. The summed E-state index contributed by atoms with van der Waals surface area (Å²) in [6, 6.07) is 7.02. The molecule has 130 valence electrons. The van der Waals surface area contributed by atoms with Gasteiger partial charge in [0.2, 0.25) is 10.0 Å². The Morgan fingerprint density at radius 2 is 1.88 bits per heavy atom. The van der Waals surface area contributed by atoms with Crippen molar-refractivity contribution in [2.75, 3.05) is 5.75 Å². The monoisotopic (exact) mass is 353 g/mol. The molecule has 1 amide bonds. The van der Waals surface area contributed by atoms with E-state index in [9.17, 15) is 17.6 Å². The first kappa shape index (κ1) is 18.1. The number of benzene rings is 1. The van der Waals surface area contributed by atoms with E-state index in [2.05, 4.69) is 10.2 Å². The van der Waals surface area contributed by atoms with Gasteiger partial charge in [0.15, 0.2) is 0 Å². The first-order valence-corrected chi connectivity index (χ1v) is 9.07. The molecule has 1 aromatic heterocycles. The third-order valence-corrected chi connectivity index (χ3v) is 4.57. The van der Waals surface area contributed by atoms with Crippen molar-refractivity contribution in [2.45, 2.75) is 27.2 Å². The molecule has 0 fully saturated rings. The summed E-state index contributed by atoms with van der Waals surface area (Å²) in [6.45, 7) is 5.77. The number of carbonyl (C=O) groups excluding carboxylic acids is 1. The number of carbonyl (C=O) groups is 1. The van der Waals surface area contributed by atoms with E-state index in [1.165, 1.54) is 30.3 Å². The highest BCUT2D eigenvalue weighted by Gasteiger charge is 2.21. The van der Waals surface area contributed by atoms with Crippen LogP contribution in [0, 0.1) is 11.2 Å². The van der Waals surface area contributed by atoms with Crippen molar-refractivity contribution in [1.29, 1.82) is 0 Å². The Morgan fingerprint density at radius 3 is 2.46 bits per heavy atom. The number of hydrogen-bond acceptors (Lipinski definition) is 4. The minimum atomic E-state index is -3.72. The van der Waals surface area contributed by atoms with E-state index in [0.717, 1.165) is 0 Å². The molecule has 0 bridgehead atoms. The van der Waals surface area contributed by atoms with Gasteiger partial charge in [0.1, 0.15) is 11.5 Å². The molecule has 2 N–H and O–H groups in total. The predicted octanol–water partition coefficient (Wildman–Crippen LogP) is 2.71. The minimum absolute atomic E-state index is 0.0219. The van der Waals surface area contributed by atoms with Crippen LogP contribution in [-0.2, 0) is 10.0 Å². The molecule has 2 aromatic rings. The number of halogens is 1. The maximum atomic E-state index is 12.9. The molecule has 0 aliphatic rings. The van der Waals surface area contributed by atoms with Gasteiger partial charge in [0, 0.05) is 5.56 Å². The van der Waals surface area contributed by atoms with Crippen LogP contribution >= 0.6 is 0 Å². The molecule has 0 atom stereocenters. The summed E-state index contributed by atoms with van der Waals surface area (Å²) in [5.74, 6) is -1.29. The van der Waals surface area contributed by atoms with E-state index < -0.39 is 15.9 Å². The molecule has 0 radical (unpaired) electrons. The molecule has 8 heteroatoms. The van der Waals surface area contributed by atoms with Crippen LogP contribution in [0.1, 0.15) is 37.7 Å². The normalized spacial score (nSPS) is 12.2. The smallest absolute Gasteiger partial charge is 0.272 e. The van der Waals surface area contributed by atoms with Crippen molar-refractivity contribution >= 4 is 15.9 Å². The first-order valence-electron chi connectivity index (χ1n) is 7.42. The fourth-order valence-electron chi connectivity index (χ4n) is 1.89. The Balaban J connectivity index is 2.07. The summed E-state index contributed by atoms with van der Waals surface area (Å²) < 4.78 is 38.9. The van der Waals surface area contributed by atoms with Crippen molar-refractivity contribution in [3.8, 4) is 11.3 Å². The number of rotatable bonds is 5. The number of nitrogens with zero attached hydrogens (tertiary/aromatic N) is 1. The molecule has 0 saturated carbocycles. The van der Waals surface area contributed by atoms with Crippen LogP contribution in [-0.4, -0.2) is 30.3 Å². The van der Waals surface area contributed by atoms with Gasteiger partial charge in [-0.1, -0.05) is 20.8 Å². The quantitative estimate of drug-likeness (QED) is 0.864. The summed E-state index contributed by atoms with van der Waals surface area (Å²) in [5.41, 5.74) is 0.907. The Kier molecular flexibility index (Phi) is 5.08. The molecule has 0 saturated heterocycles. The van der Waals surface area contributed by atoms with Gasteiger partial charge in [-0.2, -0.15) is 5.10 Å². The lowest BCUT2D eigenvalue weighted by Crippen LogP contribution is -2.33. The lowest BCUT2D eigenvalue weighted by Gasteiger charge is -2.17. The molecular formula is C16H20FN3O3S. The third-order valence-electron chi connectivity index (χ3n) is 3.33. The molecule has 1 heterocycles. The number of amides is 1. The van der Waals surface area contributed by atoms with Crippen LogP contribution in [0.15, 0.2) is 30.3 Å². The number of nitrogens with one attached hydrogen (secondary N) is 2. The average molecular weight is 353 g/mol. The Hall–Kier alpha value is -2.22. The Morgan fingerprint density at radius 1 is 1.25 bits per heavy atom. The van der Waals surface area contributed by atoms with E-state index in [1.54, 1.807) is 0 Å². The molecule has 0 unspecified atom stereocenters. The van der Waals surface area contributed by atoms with Crippen molar-refractivity contribution < 1.29 is 17.6 Å².